The second-order valence-corrected chi connectivity index (χ2v) is 10.3. The molecule has 11 heteroatoms. The molecule has 10 nitrogen and oxygen atoms in total. The number of carbonyl (C=O) groups is 2. The third-order valence-electron chi connectivity index (χ3n) is 6.81. The molecule has 1 unspecified atom stereocenters. The lowest BCUT2D eigenvalue weighted by Gasteiger charge is -2.37. The van der Waals surface area contributed by atoms with E-state index < -0.39 is 11.9 Å². The van der Waals surface area contributed by atoms with Crippen molar-refractivity contribution in [3.63, 3.8) is 0 Å². The number of nitrogens with zero attached hydrogens (tertiary/aromatic N) is 6. The van der Waals surface area contributed by atoms with E-state index in [0.717, 1.165) is 28.2 Å². The van der Waals surface area contributed by atoms with Crippen LogP contribution in [0.3, 0.4) is 0 Å². The first-order valence-corrected chi connectivity index (χ1v) is 12.8. The molecule has 182 valence electrons. The Labute approximate surface area is 211 Å². The Morgan fingerprint density at radius 3 is 2.86 bits per heavy atom. The molecule has 2 amide bonds. The number of aromatic amines is 1. The van der Waals surface area contributed by atoms with Gasteiger partial charge in [0, 0.05) is 38.6 Å². The summed E-state index contributed by atoms with van der Waals surface area (Å²) in [6.45, 7) is 4.56. The molecular formula is C25H24N8O2S. The summed E-state index contributed by atoms with van der Waals surface area (Å²) in [7, 11) is 0. The van der Waals surface area contributed by atoms with Crippen molar-refractivity contribution in [3.05, 3.63) is 36.3 Å². The fourth-order valence-corrected chi connectivity index (χ4v) is 5.90. The van der Waals surface area contributed by atoms with Gasteiger partial charge in [-0.25, -0.2) is 9.97 Å². The number of nitriles is 1. The number of hydrogen-bond acceptors (Lipinski definition) is 8. The van der Waals surface area contributed by atoms with Crippen LogP contribution in [0.2, 0.25) is 0 Å². The molecule has 6 rings (SSSR count). The molecule has 0 aliphatic carbocycles. The predicted molar refractivity (Wildman–Crippen MR) is 137 cm³/mol. The standard InChI is InChI=1S/C25H24N8O2S/c1-14(25(35)33-12-15(9-26)13-33)30-24(34)16-10-28-23-21(16)31-18(11-29-23)20-8-17-22(36-20)19(4-5-27-17)32-6-2-3-7-32/h4-5,8,10-11,14-15H,2-3,6-7,12-13H2,1H3,(H,28,29)(H,30,34). The highest BCUT2D eigenvalue weighted by molar-refractivity contribution is 7.22. The Hall–Kier alpha value is -4.04. The topological polar surface area (TPSA) is 131 Å². The van der Waals surface area contributed by atoms with E-state index in [0.29, 0.717) is 35.5 Å². The Morgan fingerprint density at radius 1 is 1.28 bits per heavy atom. The van der Waals surface area contributed by atoms with Crippen molar-refractivity contribution in [1.82, 2.24) is 30.2 Å². The molecule has 2 fully saturated rings. The van der Waals surface area contributed by atoms with Crippen molar-refractivity contribution < 1.29 is 9.59 Å². The molecule has 2 aliphatic heterocycles. The highest BCUT2D eigenvalue weighted by atomic mass is 32.1. The molecule has 0 radical (unpaired) electrons. The fraction of sp³-hybridized carbons (Fsp3) is 0.360. The molecule has 6 heterocycles. The van der Waals surface area contributed by atoms with E-state index in [1.54, 1.807) is 35.6 Å². The van der Waals surface area contributed by atoms with Gasteiger partial charge in [-0.15, -0.1) is 11.3 Å². The summed E-state index contributed by atoms with van der Waals surface area (Å²) >= 11 is 1.63. The smallest absolute Gasteiger partial charge is 0.255 e. The molecule has 1 atom stereocenters. The molecule has 2 saturated heterocycles. The number of anilines is 1. The third kappa shape index (κ3) is 3.83. The number of H-pyrrole nitrogens is 1. The molecule has 0 saturated carbocycles. The van der Waals surface area contributed by atoms with Crippen molar-refractivity contribution in [1.29, 1.82) is 5.26 Å². The van der Waals surface area contributed by atoms with E-state index >= 15 is 0 Å². The van der Waals surface area contributed by atoms with E-state index in [1.165, 1.54) is 18.5 Å². The van der Waals surface area contributed by atoms with E-state index in [-0.39, 0.29) is 11.8 Å². The summed E-state index contributed by atoms with van der Waals surface area (Å²) in [5.74, 6) is -0.733. The molecule has 0 bridgehead atoms. The number of carbonyl (C=O) groups excluding carboxylic acids is 2. The van der Waals surface area contributed by atoms with Crippen LogP contribution < -0.4 is 10.2 Å². The Morgan fingerprint density at radius 2 is 2.08 bits per heavy atom. The zero-order valence-electron chi connectivity index (χ0n) is 19.7. The largest absolute Gasteiger partial charge is 0.370 e. The summed E-state index contributed by atoms with van der Waals surface area (Å²) < 4.78 is 1.13. The number of amides is 2. The Bertz CT molecular complexity index is 1520. The van der Waals surface area contributed by atoms with E-state index in [2.05, 4.69) is 37.3 Å². The number of rotatable bonds is 5. The van der Waals surface area contributed by atoms with Crippen molar-refractivity contribution in [3.8, 4) is 16.6 Å². The average molecular weight is 501 g/mol. The SMILES string of the molecule is CC(NC(=O)c1c[nH]c2ncc(-c3cc4nccc(N5CCCC5)c4s3)nc12)C(=O)N1CC(C#N)C1. The average Bonchev–Trinajstić information content (AvgIpc) is 3.61. The first-order chi connectivity index (χ1) is 17.5. The van der Waals surface area contributed by atoms with Gasteiger partial charge in [0.05, 0.1) is 50.2 Å². The van der Waals surface area contributed by atoms with Gasteiger partial charge in [0.1, 0.15) is 11.6 Å². The number of aromatic nitrogens is 4. The molecule has 36 heavy (non-hydrogen) atoms. The fourth-order valence-electron chi connectivity index (χ4n) is 4.79. The van der Waals surface area contributed by atoms with E-state index in [9.17, 15) is 9.59 Å². The number of pyridine rings is 1. The molecule has 2 N–H and O–H groups in total. The Balaban J connectivity index is 1.26. The monoisotopic (exact) mass is 500 g/mol. The predicted octanol–water partition coefficient (Wildman–Crippen LogP) is 2.94. The molecule has 0 spiro atoms. The number of fused-ring (bicyclic) bond motifs is 2. The number of likely N-dealkylation sites (tertiary alicyclic amines) is 1. The first-order valence-electron chi connectivity index (χ1n) is 12.0. The maximum atomic E-state index is 13.0. The summed E-state index contributed by atoms with van der Waals surface area (Å²) in [4.78, 5) is 47.3. The number of nitrogens with one attached hydrogen (secondary N) is 2. The number of hydrogen-bond donors (Lipinski definition) is 2. The van der Waals surface area contributed by atoms with Crippen LogP contribution in [0.25, 0.3) is 32.0 Å². The lowest BCUT2D eigenvalue weighted by atomic mass is 10.0. The van der Waals surface area contributed by atoms with Gasteiger partial charge in [0.25, 0.3) is 5.91 Å². The van der Waals surface area contributed by atoms with Crippen LogP contribution >= 0.6 is 11.3 Å². The summed E-state index contributed by atoms with van der Waals surface area (Å²) in [6.07, 6.45) is 7.51. The van der Waals surface area contributed by atoms with Gasteiger partial charge in [0.2, 0.25) is 5.91 Å². The quantitative estimate of drug-likeness (QED) is 0.431. The lowest BCUT2D eigenvalue weighted by molar-refractivity contribution is -0.137. The molecule has 0 aromatic carbocycles. The van der Waals surface area contributed by atoms with Gasteiger partial charge in [-0.05, 0) is 31.9 Å². The molecule has 4 aromatic heterocycles. The minimum atomic E-state index is -0.712. The van der Waals surface area contributed by atoms with Crippen LogP contribution in [0.4, 0.5) is 5.69 Å². The van der Waals surface area contributed by atoms with Crippen LogP contribution in [0.5, 0.6) is 0 Å². The lowest BCUT2D eigenvalue weighted by Crippen LogP contribution is -2.55. The second-order valence-electron chi connectivity index (χ2n) is 9.27. The van der Waals surface area contributed by atoms with Crippen LogP contribution in [0.15, 0.2) is 30.7 Å². The van der Waals surface area contributed by atoms with Gasteiger partial charge >= 0.3 is 0 Å². The summed E-state index contributed by atoms with van der Waals surface area (Å²) in [5, 5.41) is 11.7. The normalized spacial score (nSPS) is 16.8. The van der Waals surface area contributed by atoms with Gasteiger partial charge in [-0.1, -0.05) is 0 Å². The van der Waals surface area contributed by atoms with Crippen LogP contribution in [0, 0.1) is 17.2 Å². The summed E-state index contributed by atoms with van der Waals surface area (Å²) in [5.41, 5.74) is 4.06. The summed E-state index contributed by atoms with van der Waals surface area (Å²) in [6, 6.07) is 5.52. The maximum absolute atomic E-state index is 13.0. The third-order valence-corrected chi connectivity index (χ3v) is 7.98. The van der Waals surface area contributed by atoms with Gasteiger partial charge in [-0.2, -0.15) is 5.26 Å². The van der Waals surface area contributed by atoms with Crippen molar-refractivity contribution in [2.24, 2.45) is 5.92 Å². The van der Waals surface area contributed by atoms with Crippen molar-refractivity contribution in [2.75, 3.05) is 31.1 Å². The Kier molecular flexibility index (Phi) is 5.53. The van der Waals surface area contributed by atoms with Crippen molar-refractivity contribution >= 4 is 50.2 Å². The van der Waals surface area contributed by atoms with E-state index in [1.807, 2.05) is 12.3 Å². The van der Waals surface area contributed by atoms with Crippen LogP contribution in [-0.4, -0.2) is 68.9 Å². The molecule has 2 aliphatic rings. The van der Waals surface area contributed by atoms with Crippen LogP contribution in [-0.2, 0) is 4.79 Å². The number of thiophene rings is 1. The van der Waals surface area contributed by atoms with Crippen molar-refractivity contribution in [2.45, 2.75) is 25.8 Å². The first kappa shape index (κ1) is 22.4. The zero-order chi connectivity index (χ0) is 24.8. The van der Waals surface area contributed by atoms with Crippen LogP contribution in [0.1, 0.15) is 30.1 Å². The highest BCUT2D eigenvalue weighted by Gasteiger charge is 2.33. The van der Waals surface area contributed by atoms with Gasteiger partial charge in [0.15, 0.2) is 5.65 Å². The minimum Gasteiger partial charge on any atom is -0.370 e. The minimum absolute atomic E-state index is 0.130. The zero-order valence-corrected chi connectivity index (χ0v) is 20.5. The van der Waals surface area contributed by atoms with E-state index in [4.69, 9.17) is 10.2 Å². The highest BCUT2D eigenvalue weighted by Crippen LogP contribution is 2.38. The molecule has 4 aromatic rings. The maximum Gasteiger partial charge on any atom is 0.255 e. The second kappa shape index (κ2) is 8.87. The molecular weight excluding hydrogens is 476 g/mol. The van der Waals surface area contributed by atoms with Gasteiger partial charge < -0.3 is 20.1 Å². The van der Waals surface area contributed by atoms with Gasteiger partial charge in [-0.3, -0.25) is 14.6 Å².